The van der Waals surface area contributed by atoms with Crippen LogP contribution in [0, 0.1) is 6.92 Å². The number of benzene rings is 2. The van der Waals surface area contributed by atoms with Crippen molar-refractivity contribution >= 4 is 17.7 Å². The first kappa shape index (κ1) is 16.4. The summed E-state index contributed by atoms with van der Waals surface area (Å²) >= 11 is 0. The molecule has 0 aromatic heterocycles. The average Bonchev–Trinajstić information content (AvgIpc) is 2.58. The second-order valence-electron chi connectivity index (χ2n) is 5.00. The van der Waals surface area contributed by atoms with Crippen molar-refractivity contribution in [2.24, 2.45) is 0 Å². The highest BCUT2D eigenvalue weighted by atomic mass is 16.5. The van der Waals surface area contributed by atoms with Crippen molar-refractivity contribution in [2.45, 2.75) is 6.92 Å². The van der Waals surface area contributed by atoms with Crippen LogP contribution in [0.4, 0.5) is 0 Å². The molecule has 0 aliphatic heterocycles. The molecule has 118 valence electrons. The summed E-state index contributed by atoms with van der Waals surface area (Å²) in [5.41, 5.74) is 1.90. The van der Waals surface area contributed by atoms with Gasteiger partial charge in [0.25, 0.3) is 5.91 Å². The van der Waals surface area contributed by atoms with Crippen LogP contribution in [0.15, 0.2) is 54.6 Å². The van der Waals surface area contributed by atoms with Crippen LogP contribution in [0.5, 0.6) is 0 Å². The van der Waals surface area contributed by atoms with E-state index in [1.807, 2.05) is 13.0 Å². The van der Waals surface area contributed by atoms with Crippen molar-refractivity contribution in [3.8, 4) is 0 Å². The molecule has 0 saturated carbocycles. The third-order valence-electron chi connectivity index (χ3n) is 3.13. The first-order valence-electron chi connectivity index (χ1n) is 7.15. The Bertz CT molecular complexity index is 710. The highest BCUT2D eigenvalue weighted by molar-refractivity contribution is 5.98. The zero-order valence-corrected chi connectivity index (χ0v) is 12.7. The van der Waals surface area contributed by atoms with Crippen LogP contribution in [-0.4, -0.2) is 30.8 Å². The van der Waals surface area contributed by atoms with Gasteiger partial charge in [0.1, 0.15) is 6.54 Å². The van der Waals surface area contributed by atoms with Crippen LogP contribution in [0.2, 0.25) is 0 Å². The van der Waals surface area contributed by atoms with Crippen molar-refractivity contribution in [3.05, 3.63) is 71.3 Å². The second-order valence-corrected chi connectivity index (χ2v) is 5.00. The number of esters is 1. The minimum Gasteiger partial charge on any atom is -0.456 e. The quantitative estimate of drug-likeness (QED) is 0.655. The van der Waals surface area contributed by atoms with Crippen LogP contribution in [0.1, 0.15) is 26.3 Å². The second kappa shape index (κ2) is 7.89. The molecule has 1 amide bonds. The minimum atomic E-state index is -0.657. The van der Waals surface area contributed by atoms with Gasteiger partial charge in [-0.1, -0.05) is 48.0 Å². The topological polar surface area (TPSA) is 72.5 Å². The predicted octanol–water partition coefficient (Wildman–Crippen LogP) is 2.15. The summed E-state index contributed by atoms with van der Waals surface area (Å²) < 4.78 is 4.87. The van der Waals surface area contributed by atoms with E-state index in [0.717, 1.165) is 5.56 Å². The first-order valence-corrected chi connectivity index (χ1v) is 7.15. The van der Waals surface area contributed by atoms with Gasteiger partial charge in [-0.25, -0.2) is 0 Å². The molecule has 0 aliphatic rings. The maximum absolute atomic E-state index is 11.9. The van der Waals surface area contributed by atoms with E-state index in [1.54, 1.807) is 48.5 Å². The van der Waals surface area contributed by atoms with Gasteiger partial charge in [-0.15, -0.1) is 0 Å². The Labute approximate surface area is 134 Å². The molecule has 5 nitrogen and oxygen atoms in total. The fourth-order valence-electron chi connectivity index (χ4n) is 1.95. The Morgan fingerprint density at radius 2 is 1.65 bits per heavy atom. The van der Waals surface area contributed by atoms with Gasteiger partial charge in [-0.2, -0.15) is 0 Å². The van der Waals surface area contributed by atoms with Crippen LogP contribution in [0.25, 0.3) is 0 Å². The maximum Gasteiger partial charge on any atom is 0.325 e. The Balaban J connectivity index is 1.77. The van der Waals surface area contributed by atoms with Crippen molar-refractivity contribution in [1.82, 2.24) is 5.32 Å². The SMILES string of the molecule is Cc1cccc(C(=O)NCC(=O)OCC(=O)c2ccccc2)c1. The number of carbonyl (C=O) groups excluding carboxylic acids is 3. The third-order valence-corrected chi connectivity index (χ3v) is 3.13. The number of ketones is 1. The van der Waals surface area contributed by atoms with Crippen LogP contribution in [-0.2, 0) is 9.53 Å². The Kier molecular flexibility index (Phi) is 5.63. The molecule has 0 saturated heterocycles. The van der Waals surface area contributed by atoms with Crippen LogP contribution < -0.4 is 5.32 Å². The van der Waals surface area contributed by atoms with Gasteiger partial charge in [0.15, 0.2) is 12.4 Å². The van der Waals surface area contributed by atoms with E-state index in [1.165, 1.54) is 0 Å². The summed E-state index contributed by atoms with van der Waals surface area (Å²) in [7, 11) is 0. The van der Waals surface area contributed by atoms with Crippen molar-refractivity contribution in [2.75, 3.05) is 13.2 Å². The fraction of sp³-hybridized carbons (Fsp3) is 0.167. The van der Waals surface area contributed by atoms with Gasteiger partial charge in [0, 0.05) is 11.1 Å². The maximum atomic E-state index is 11.9. The molecule has 0 atom stereocenters. The van der Waals surface area contributed by atoms with E-state index in [9.17, 15) is 14.4 Å². The number of aryl methyl sites for hydroxylation is 1. The number of Topliss-reactive ketones (excluding diaryl/α,β-unsaturated/α-hetero) is 1. The Morgan fingerprint density at radius 1 is 0.957 bits per heavy atom. The molecule has 23 heavy (non-hydrogen) atoms. The lowest BCUT2D eigenvalue weighted by molar-refractivity contribution is -0.141. The molecule has 0 aliphatic carbocycles. The van der Waals surface area contributed by atoms with Crippen molar-refractivity contribution < 1.29 is 19.1 Å². The zero-order valence-electron chi connectivity index (χ0n) is 12.7. The summed E-state index contributed by atoms with van der Waals surface area (Å²) in [6, 6.07) is 15.6. The van der Waals surface area contributed by atoms with E-state index in [0.29, 0.717) is 11.1 Å². The molecule has 2 rings (SSSR count). The molecule has 0 bridgehead atoms. The Hall–Kier alpha value is -2.95. The van der Waals surface area contributed by atoms with Gasteiger partial charge in [-0.05, 0) is 19.1 Å². The molecular formula is C18H17NO4. The number of ether oxygens (including phenoxy) is 1. The van der Waals surface area contributed by atoms with E-state index < -0.39 is 5.97 Å². The standard InChI is InChI=1S/C18H17NO4/c1-13-6-5-9-15(10-13)18(22)19-11-17(21)23-12-16(20)14-7-3-2-4-8-14/h2-10H,11-12H2,1H3,(H,19,22). The predicted molar refractivity (Wildman–Crippen MR) is 85.2 cm³/mol. The van der Waals surface area contributed by atoms with E-state index >= 15 is 0 Å². The van der Waals surface area contributed by atoms with Crippen LogP contribution >= 0.6 is 0 Å². The number of rotatable bonds is 6. The lowest BCUT2D eigenvalue weighted by atomic mass is 10.1. The highest BCUT2D eigenvalue weighted by Crippen LogP contribution is 2.03. The molecule has 0 spiro atoms. The summed E-state index contributed by atoms with van der Waals surface area (Å²) in [6.07, 6.45) is 0. The molecule has 5 heteroatoms. The average molecular weight is 311 g/mol. The van der Waals surface area contributed by atoms with E-state index in [-0.39, 0.29) is 24.8 Å². The van der Waals surface area contributed by atoms with Crippen molar-refractivity contribution in [1.29, 1.82) is 0 Å². The molecule has 2 aromatic carbocycles. The molecule has 0 fully saturated rings. The Morgan fingerprint density at radius 3 is 2.35 bits per heavy atom. The molecule has 1 N–H and O–H groups in total. The molecule has 0 unspecified atom stereocenters. The summed E-state index contributed by atoms with van der Waals surface area (Å²) in [4.78, 5) is 35.2. The van der Waals surface area contributed by atoms with E-state index in [2.05, 4.69) is 5.32 Å². The van der Waals surface area contributed by atoms with Gasteiger partial charge < -0.3 is 10.1 Å². The number of hydrogen-bond donors (Lipinski definition) is 1. The first-order chi connectivity index (χ1) is 11.1. The fourth-order valence-corrected chi connectivity index (χ4v) is 1.95. The monoisotopic (exact) mass is 311 g/mol. The van der Waals surface area contributed by atoms with Crippen molar-refractivity contribution in [3.63, 3.8) is 0 Å². The summed E-state index contributed by atoms with van der Waals surface area (Å²) in [6.45, 7) is 1.25. The minimum absolute atomic E-state index is 0.283. The largest absolute Gasteiger partial charge is 0.456 e. The number of hydrogen-bond acceptors (Lipinski definition) is 4. The van der Waals surface area contributed by atoms with Crippen LogP contribution in [0.3, 0.4) is 0 Å². The molecular weight excluding hydrogens is 294 g/mol. The number of carbonyl (C=O) groups is 3. The molecule has 2 aromatic rings. The molecule has 0 radical (unpaired) electrons. The lowest BCUT2D eigenvalue weighted by Gasteiger charge is -2.07. The zero-order chi connectivity index (χ0) is 16.7. The lowest BCUT2D eigenvalue weighted by Crippen LogP contribution is -2.31. The summed E-state index contributed by atoms with van der Waals surface area (Å²) in [5.74, 6) is -1.31. The van der Waals surface area contributed by atoms with Gasteiger partial charge in [-0.3, -0.25) is 14.4 Å². The highest BCUT2D eigenvalue weighted by Gasteiger charge is 2.11. The number of amides is 1. The van der Waals surface area contributed by atoms with Gasteiger partial charge in [0.2, 0.25) is 0 Å². The molecule has 0 heterocycles. The normalized spacial score (nSPS) is 9.96. The van der Waals surface area contributed by atoms with Gasteiger partial charge >= 0.3 is 5.97 Å². The van der Waals surface area contributed by atoms with Gasteiger partial charge in [0.05, 0.1) is 0 Å². The number of nitrogens with one attached hydrogen (secondary N) is 1. The van der Waals surface area contributed by atoms with E-state index in [4.69, 9.17) is 4.74 Å². The smallest absolute Gasteiger partial charge is 0.325 e. The third kappa shape index (κ3) is 5.07. The summed E-state index contributed by atoms with van der Waals surface area (Å²) in [5, 5.41) is 2.46.